The lowest BCUT2D eigenvalue weighted by molar-refractivity contribution is -0.141. The summed E-state index contributed by atoms with van der Waals surface area (Å²) in [5.41, 5.74) is 10.2. The average Bonchev–Trinajstić information content (AvgIpc) is 4.15. The molecule has 3 fully saturated rings. The zero-order chi connectivity index (χ0) is 55.1. The quantitative estimate of drug-likeness (QED) is 0.0396. The molecule has 0 unspecified atom stereocenters. The van der Waals surface area contributed by atoms with Crippen LogP contribution in [0.5, 0.6) is 0 Å². The molecule has 78 heavy (non-hydrogen) atoms. The first-order valence-electron chi connectivity index (χ1n) is 27.6. The summed E-state index contributed by atoms with van der Waals surface area (Å²) in [4.78, 5) is 60.7. The maximum Gasteiger partial charge on any atom is 0.312 e. The van der Waals surface area contributed by atoms with E-state index in [1.807, 2.05) is 61.5 Å². The molecule has 7 heterocycles. The number of pyridine rings is 2. The van der Waals surface area contributed by atoms with E-state index in [1.165, 1.54) is 6.07 Å². The van der Waals surface area contributed by atoms with E-state index in [0.717, 1.165) is 125 Å². The number of piperazine rings is 1. The predicted octanol–water partition coefficient (Wildman–Crippen LogP) is 6.22. The number of carbonyl (C=O) groups is 4. The van der Waals surface area contributed by atoms with E-state index in [9.17, 15) is 19.2 Å². The molecule has 0 aliphatic carbocycles. The Bertz CT molecular complexity index is 3040. The standard InChI is InChI=1S/C38H49FN8O3.C19H27N5O4/c1-4-34-31(37(44-29-11-15-50-16-12-29)32-22-43-47(5-2)38(32)45-34)21-42-36(49)19-35(48)41-20-26-9-10-33(39)30(18-26)28-8-6-7-27(17-28)24-46-14-13-40-25(3)23-46;1-3-15-13(10-20-16(25)9-17(26)27)18(22-12-5-7-28-8-6-12)14-11-21-24(4-2)19(14)23-15/h6-10,17-18,22,25,29,40H,4-5,11-16,19-21,23-24H2,1-3H3,(H,41,48)(H,42,49)(H,44,45);11-12H,3-10H2,1-2H3,(H,20,25)(H,22,23)(H,26,27)/t25-;/m0./s1. The van der Waals surface area contributed by atoms with Crippen molar-refractivity contribution in [3.8, 4) is 11.1 Å². The maximum atomic E-state index is 15.0. The number of ether oxygens (including phenoxy) is 2. The highest BCUT2D eigenvalue weighted by Crippen LogP contribution is 2.33. The minimum absolute atomic E-state index is 0.179. The van der Waals surface area contributed by atoms with E-state index in [-0.39, 0.29) is 49.9 Å². The molecule has 6 aromatic rings. The van der Waals surface area contributed by atoms with Crippen LogP contribution in [0.15, 0.2) is 54.9 Å². The number of benzene rings is 2. The van der Waals surface area contributed by atoms with Crippen LogP contribution in [-0.4, -0.2) is 127 Å². The molecule has 3 aliphatic heterocycles. The fourth-order valence-electron chi connectivity index (χ4n) is 10.4. The molecule has 3 aliphatic rings. The number of fused-ring (bicyclic) bond motifs is 2. The zero-order valence-corrected chi connectivity index (χ0v) is 45.7. The highest BCUT2D eigenvalue weighted by molar-refractivity contribution is 5.97. The SMILES string of the molecule is CCc1nc2c(cnn2CC)c(NC2CCOCC2)c1CNC(=O)CC(=O)NCc1ccc(F)c(-c2cccc(CN3CCN[C@@H](C)C3)c2)c1.CCc1nc2c(cnn2CC)c(NC2CCOCC2)c1CNC(=O)CC(=O)O. The van der Waals surface area contributed by atoms with Crippen molar-refractivity contribution in [2.75, 3.05) is 56.7 Å². The Morgan fingerprint density at radius 2 is 1.24 bits per heavy atom. The monoisotopic (exact) mass is 1070 g/mol. The van der Waals surface area contributed by atoms with Gasteiger partial charge in [0.1, 0.15) is 18.7 Å². The Morgan fingerprint density at radius 1 is 0.705 bits per heavy atom. The third kappa shape index (κ3) is 14.7. The largest absolute Gasteiger partial charge is 0.481 e. The van der Waals surface area contributed by atoms with Gasteiger partial charge in [-0.25, -0.2) is 23.7 Å². The topological polar surface area (TPSA) is 244 Å². The molecule has 1 atom stereocenters. The van der Waals surface area contributed by atoms with Gasteiger partial charge in [-0.15, -0.1) is 0 Å². The molecule has 3 amide bonds. The van der Waals surface area contributed by atoms with Crippen molar-refractivity contribution >= 4 is 57.1 Å². The Labute approximate surface area is 455 Å². The van der Waals surface area contributed by atoms with Gasteiger partial charge in [0.05, 0.1) is 34.5 Å². The van der Waals surface area contributed by atoms with Crippen LogP contribution in [0.3, 0.4) is 0 Å². The summed E-state index contributed by atoms with van der Waals surface area (Å²) < 4.78 is 29.8. The minimum Gasteiger partial charge on any atom is -0.481 e. The third-order valence-electron chi connectivity index (χ3n) is 14.5. The van der Waals surface area contributed by atoms with E-state index < -0.39 is 24.2 Å². The van der Waals surface area contributed by atoms with Gasteiger partial charge < -0.3 is 46.5 Å². The second kappa shape index (κ2) is 27.5. The third-order valence-corrected chi connectivity index (χ3v) is 14.5. The smallest absolute Gasteiger partial charge is 0.312 e. The minimum atomic E-state index is -1.15. The molecular weight excluding hydrogens is 998 g/mol. The average molecular weight is 1070 g/mol. The van der Waals surface area contributed by atoms with Crippen LogP contribution in [0.1, 0.15) is 107 Å². The number of hydrogen-bond donors (Lipinski definition) is 7. The zero-order valence-electron chi connectivity index (χ0n) is 45.7. The molecule has 418 valence electrons. The van der Waals surface area contributed by atoms with Crippen molar-refractivity contribution in [2.24, 2.45) is 0 Å². The number of carboxylic acids is 1. The lowest BCUT2D eigenvalue weighted by atomic mass is 10.00. The molecule has 3 saturated heterocycles. The van der Waals surface area contributed by atoms with Crippen molar-refractivity contribution in [3.63, 3.8) is 0 Å². The molecule has 2 aromatic carbocycles. The molecule has 0 saturated carbocycles. The molecule has 4 aromatic heterocycles. The van der Waals surface area contributed by atoms with Crippen molar-refractivity contribution in [2.45, 2.75) is 143 Å². The summed E-state index contributed by atoms with van der Waals surface area (Å²) in [6.45, 7) is 18.9. The molecule has 21 heteroatoms. The summed E-state index contributed by atoms with van der Waals surface area (Å²) in [7, 11) is 0. The lowest BCUT2D eigenvalue weighted by Gasteiger charge is -2.31. The predicted molar refractivity (Wildman–Crippen MR) is 297 cm³/mol. The van der Waals surface area contributed by atoms with Gasteiger partial charge in [0.15, 0.2) is 11.3 Å². The number of aryl methyl sites for hydroxylation is 4. The summed E-state index contributed by atoms with van der Waals surface area (Å²) >= 11 is 0. The number of nitrogens with zero attached hydrogens (tertiary/aromatic N) is 7. The number of halogens is 1. The van der Waals surface area contributed by atoms with Crippen molar-refractivity contribution in [3.05, 3.63) is 94.3 Å². The molecule has 20 nitrogen and oxygen atoms in total. The normalized spacial score (nSPS) is 16.4. The Balaban J connectivity index is 0.000000242. The Hall–Kier alpha value is -7.07. The lowest BCUT2D eigenvalue weighted by Crippen LogP contribution is -2.48. The van der Waals surface area contributed by atoms with E-state index in [4.69, 9.17) is 24.5 Å². The fourth-order valence-corrected chi connectivity index (χ4v) is 10.4. The number of hydrogen-bond acceptors (Lipinski definition) is 14. The summed E-state index contributed by atoms with van der Waals surface area (Å²) in [6, 6.07) is 13.8. The van der Waals surface area contributed by atoms with Gasteiger partial charge in [-0.1, -0.05) is 38.1 Å². The van der Waals surface area contributed by atoms with Crippen molar-refractivity contribution in [1.82, 2.24) is 55.7 Å². The number of nitrogens with one attached hydrogen (secondary N) is 6. The fraction of sp³-hybridized carbons (Fsp3) is 0.509. The number of carboxylic acid groups (broad SMARTS) is 1. The highest BCUT2D eigenvalue weighted by Gasteiger charge is 2.25. The Kier molecular flexibility index (Phi) is 20.1. The molecule has 0 bridgehead atoms. The van der Waals surface area contributed by atoms with Crippen LogP contribution >= 0.6 is 0 Å². The number of aliphatic carboxylic acids is 1. The second-order valence-electron chi connectivity index (χ2n) is 20.2. The molecular formula is C57H76FN13O7. The molecule has 0 radical (unpaired) electrons. The summed E-state index contributed by atoms with van der Waals surface area (Å²) in [5, 5.41) is 38.9. The van der Waals surface area contributed by atoms with Crippen LogP contribution in [0, 0.1) is 5.82 Å². The first-order chi connectivity index (χ1) is 37.8. The first-order valence-corrected chi connectivity index (χ1v) is 27.6. The van der Waals surface area contributed by atoms with Crippen LogP contribution in [0.2, 0.25) is 0 Å². The highest BCUT2D eigenvalue weighted by atomic mass is 19.1. The number of rotatable bonds is 21. The van der Waals surface area contributed by atoms with Gasteiger partial charge >= 0.3 is 5.97 Å². The van der Waals surface area contributed by atoms with Gasteiger partial charge in [0, 0.05) is 132 Å². The number of anilines is 2. The van der Waals surface area contributed by atoms with Crippen LogP contribution in [0.4, 0.5) is 15.8 Å². The second-order valence-corrected chi connectivity index (χ2v) is 20.2. The van der Waals surface area contributed by atoms with Crippen molar-refractivity contribution in [1.29, 1.82) is 0 Å². The van der Waals surface area contributed by atoms with E-state index in [2.05, 4.69) is 60.0 Å². The summed E-state index contributed by atoms with van der Waals surface area (Å²) in [5.74, 6) is -2.78. The van der Waals surface area contributed by atoms with Gasteiger partial charge in [0.25, 0.3) is 0 Å². The number of aromatic nitrogens is 6. The summed E-state index contributed by atoms with van der Waals surface area (Å²) in [6.07, 6.45) is 7.70. The first kappa shape index (κ1) is 57.1. The van der Waals surface area contributed by atoms with Crippen molar-refractivity contribution < 1.29 is 38.1 Å². The molecule has 7 N–H and O–H groups in total. The van der Waals surface area contributed by atoms with Gasteiger partial charge in [0.2, 0.25) is 17.7 Å². The van der Waals surface area contributed by atoms with E-state index in [0.29, 0.717) is 64.0 Å². The van der Waals surface area contributed by atoms with Gasteiger partial charge in [-0.2, -0.15) is 10.2 Å². The van der Waals surface area contributed by atoms with Gasteiger partial charge in [-0.3, -0.25) is 24.1 Å². The van der Waals surface area contributed by atoms with Crippen LogP contribution in [-0.2, 0) is 80.8 Å². The van der Waals surface area contributed by atoms with Crippen LogP contribution < -0.4 is 31.9 Å². The molecule has 9 rings (SSSR count). The number of amides is 3. The number of carbonyl (C=O) groups excluding carboxylic acids is 3. The van der Waals surface area contributed by atoms with Crippen LogP contribution in [0.25, 0.3) is 33.2 Å². The van der Waals surface area contributed by atoms with E-state index >= 15 is 4.39 Å². The maximum absolute atomic E-state index is 15.0. The Morgan fingerprint density at radius 3 is 1.76 bits per heavy atom. The molecule has 0 spiro atoms. The van der Waals surface area contributed by atoms with Gasteiger partial charge in [-0.05, 0) is 94.2 Å². The van der Waals surface area contributed by atoms with E-state index in [1.54, 1.807) is 18.3 Å².